The van der Waals surface area contributed by atoms with Gasteiger partial charge in [0.1, 0.15) is 17.2 Å². The second-order valence-corrected chi connectivity index (χ2v) is 19.1. The molecule has 5 aromatic rings. The van der Waals surface area contributed by atoms with E-state index in [-0.39, 0.29) is 10.8 Å². The van der Waals surface area contributed by atoms with E-state index in [0.717, 1.165) is 91.1 Å². The predicted octanol–water partition coefficient (Wildman–Crippen LogP) is 13.7. The van der Waals surface area contributed by atoms with E-state index in [4.69, 9.17) is 14.2 Å². The molecule has 1 heterocycles. The molecule has 0 radical (unpaired) electrons. The van der Waals surface area contributed by atoms with Crippen molar-refractivity contribution in [3.05, 3.63) is 124 Å². The lowest BCUT2D eigenvalue weighted by Crippen LogP contribution is -2.44. The van der Waals surface area contributed by atoms with E-state index in [1.807, 2.05) is 36.4 Å². The molecule has 0 unspecified atom stereocenters. The lowest BCUT2D eigenvalue weighted by atomic mass is 9.52. The summed E-state index contributed by atoms with van der Waals surface area (Å²) >= 11 is -3.53. The van der Waals surface area contributed by atoms with Gasteiger partial charge in [-0.2, -0.15) is 0 Å². The quantitative estimate of drug-likeness (QED) is 0.154. The van der Waals surface area contributed by atoms with E-state index in [0.29, 0.717) is 5.56 Å². The lowest BCUT2D eigenvalue weighted by molar-refractivity contribution is 0.0641. The van der Waals surface area contributed by atoms with Crippen LogP contribution < -0.4 is 14.2 Å². The molecular weight excluding hydrogens is 722 g/mol. The Morgan fingerprint density at radius 1 is 0.759 bits per heavy atom. The molecule has 1 fully saturated rings. The van der Waals surface area contributed by atoms with Gasteiger partial charge in [0.15, 0.2) is 5.60 Å². The summed E-state index contributed by atoms with van der Waals surface area (Å²) < 4.78 is 60.9. The fourth-order valence-corrected chi connectivity index (χ4v) is 11.7. The van der Waals surface area contributed by atoms with E-state index in [1.165, 1.54) is 5.56 Å². The molecule has 0 aromatic heterocycles. The van der Waals surface area contributed by atoms with Gasteiger partial charge in [-0.05, 0) is 125 Å². The van der Waals surface area contributed by atoms with Crippen LogP contribution in [0.25, 0.3) is 28.0 Å². The van der Waals surface area contributed by atoms with Crippen LogP contribution in [0.2, 0.25) is 0 Å². The number of rotatable bonds is 7. The number of ether oxygens (including phenoxy) is 3. The zero-order valence-electron chi connectivity index (χ0n) is 32.2. The Bertz CT molecular complexity index is 2260. The van der Waals surface area contributed by atoms with E-state index in [2.05, 4.69) is 89.4 Å². The lowest BCUT2D eigenvalue weighted by Gasteiger charge is -2.52. The molecule has 5 aromatic carbocycles. The molecule has 0 saturated heterocycles. The van der Waals surface area contributed by atoms with Crippen LogP contribution >= 0.6 is 22.9 Å². The largest absolute Gasteiger partial charge is 0.497 e. The Labute approximate surface area is 323 Å². The normalized spacial score (nSPS) is 18.8. The summed E-state index contributed by atoms with van der Waals surface area (Å²) in [6.45, 7) is 11.4. The molecule has 8 rings (SSSR count). The maximum Gasteiger partial charge on any atom is 0.213 e. The molecule has 0 N–H and O–H groups in total. The SMILES string of the molecule is COc1ccc(C2(c3ccc(OC)cc3)C=Cc3c4c(c5cc(C)c(SC)cc5c3O2)-c2ccc(CS(F)(F)F)cc2C42CC(C)(C)CC(C)(C)C2)cc1. The van der Waals surface area contributed by atoms with Crippen molar-refractivity contribution in [3.63, 3.8) is 0 Å². The van der Waals surface area contributed by atoms with Crippen LogP contribution in [0.3, 0.4) is 0 Å². The molecule has 3 aliphatic rings. The molecule has 0 atom stereocenters. The molecular formula is C46H47F3O3S2. The van der Waals surface area contributed by atoms with Crippen LogP contribution in [0.15, 0.2) is 89.8 Å². The molecule has 0 amide bonds. The zero-order valence-corrected chi connectivity index (χ0v) is 33.8. The molecule has 3 nitrogen and oxygen atoms in total. The van der Waals surface area contributed by atoms with Gasteiger partial charge in [0.2, 0.25) is 11.2 Å². The minimum atomic E-state index is -5.24. The molecule has 54 heavy (non-hydrogen) atoms. The van der Waals surface area contributed by atoms with Gasteiger partial charge in [0, 0.05) is 32.4 Å². The van der Waals surface area contributed by atoms with Crippen molar-refractivity contribution in [2.24, 2.45) is 10.8 Å². The first-order chi connectivity index (χ1) is 25.5. The fourth-order valence-electron chi connectivity index (χ4n) is 10.5. The number of aryl methyl sites for hydroxylation is 1. The first-order valence-electron chi connectivity index (χ1n) is 18.4. The van der Waals surface area contributed by atoms with E-state index < -0.39 is 28.0 Å². The minimum absolute atomic E-state index is 0.0679. The molecule has 0 bridgehead atoms. The maximum atomic E-state index is 14.1. The number of methoxy groups -OCH3 is 2. The summed E-state index contributed by atoms with van der Waals surface area (Å²) in [6.07, 6.45) is 9.17. The van der Waals surface area contributed by atoms with Crippen molar-refractivity contribution in [3.8, 4) is 28.4 Å². The van der Waals surface area contributed by atoms with Crippen molar-refractivity contribution in [1.82, 2.24) is 0 Å². The highest BCUT2D eigenvalue weighted by Gasteiger charge is 2.55. The highest BCUT2D eigenvalue weighted by Crippen LogP contribution is 2.67. The Hall–Kier alpha value is -4.01. The van der Waals surface area contributed by atoms with Crippen LogP contribution in [0.4, 0.5) is 11.7 Å². The summed E-state index contributed by atoms with van der Waals surface area (Å²) in [7, 11) is 3.32. The third-order valence-corrected chi connectivity index (χ3v) is 13.3. The van der Waals surface area contributed by atoms with Gasteiger partial charge < -0.3 is 14.2 Å². The van der Waals surface area contributed by atoms with Gasteiger partial charge in [0.25, 0.3) is 0 Å². The number of hydrogen-bond donors (Lipinski definition) is 0. The highest BCUT2D eigenvalue weighted by molar-refractivity contribution is 8.20. The number of benzene rings is 5. The second kappa shape index (κ2) is 12.8. The Balaban J connectivity index is 1.48. The Morgan fingerprint density at radius 2 is 1.35 bits per heavy atom. The van der Waals surface area contributed by atoms with E-state index >= 15 is 0 Å². The van der Waals surface area contributed by atoms with E-state index in [1.54, 1.807) is 32.0 Å². The molecule has 282 valence electrons. The van der Waals surface area contributed by atoms with E-state index in [9.17, 15) is 11.7 Å². The topological polar surface area (TPSA) is 27.7 Å². The van der Waals surface area contributed by atoms with Crippen molar-refractivity contribution in [2.75, 3.05) is 20.5 Å². The summed E-state index contributed by atoms with van der Waals surface area (Å²) in [5, 5.41) is 2.07. The molecule has 1 spiro atoms. The number of hydrogen-bond acceptors (Lipinski definition) is 4. The molecule has 1 aliphatic heterocycles. The van der Waals surface area contributed by atoms with Gasteiger partial charge in [-0.3, -0.25) is 0 Å². The summed E-state index contributed by atoms with van der Waals surface area (Å²) in [5.41, 5.74) is 7.12. The average molecular weight is 769 g/mol. The zero-order chi connectivity index (χ0) is 38.4. The van der Waals surface area contributed by atoms with Crippen molar-refractivity contribution >= 4 is 39.8 Å². The van der Waals surface area contributed by atoms with Crippen molar-refractivity contribution in [2.45, 2.75) is 75.5 Å². The first kappa shape index (κ1) is 36.9. The summed E-state index contributed by atoms with van der Waals surface area (Å²) in [6, 6.07) is 26.2. The maximum absolute atomic E-state index is 14.1. The van der Waals surface area contributed by atoms with Crippen LogP contribution in [-0.2, 0) is 16.8 Å². The van der Waals surface area contributed by atoms with Gasteiger partial charge in [-0.15, -0.1) is 23.4 Å². The van der Waals surface area contributed by atoms with Crippen LogP contribution in [0.5, 0.6) is 17.2 Å². The van der Waals surface area contributed by atoms with Gasteiger partial charge in [0.05, 0.1) is 20.0 Å². The van der Waals surface area contributed by atoms with Gasteiger partial charge >= 0.3 is 0 Å². The number of halogens is 3. The highest BCUT2D eigenvalue weighted by atomic mass is 32.3. The number of fused-ring (bicyclic) bond motifs is 10. The van der Waals surface area contributed by atoms with Gasteiger partial charge in [-0.25, -0.2) is 0 Å². The van der Waals surface area contributed by atoms with Crippen LogP contribution in [0, 0.1) is 17.8 Å². The third-order valence-electron chi connectivity index (χ3n) is 11.8. The second-order valence-electron chi connectivity index (χ2n) is 17.0. The molecule has 8 heteroatoms. The molecule has 1 saturated carbocycles. The predicted molar refractivity (Wildman–Crippen MR) is 219 cm³/mol. The minimum Gasteiger partial charge on any atom is -0.497 e. The standard InChI is InChI=1S/C46H47F3O3S2/c1-28-21-36-37(23-39(28)53-8)42-35(19-20-46(52-42,30-10-14-32(50-6)15-11-30)31-12-16-33(51-7)17-13-31)41-40(36)34-18-9-29(24-54(47,48)49)22-38(34)45(41)26-43(2,3)25-44(4,5)27-45/h9-23H,24-27H2,1-8H3. The molecule has 2 aliphatic carbocycles. The van der Waals surface area contributed by atoms with Crippen LogP contribution in [-0.4, -0.2) is 20.5 Å². The first-order valence-corrected chi connectivity index (χ1v) is 21.1. The van der Waals surface area contributed by atoms with Crippen molar-refractivity contribution < 1.29 is 25.9 Å². The summed E-state index contributed by atoms with van der Waals surface area (Å²) in [5.74, 6) is 1.42. The summed E-state index contributed by atoms with van der Waals surface area (Å²) in [4.78, 5) is 1.15. The van der Waals surface area contributed by atoms with Crippen LogP contribution in [0.1, 0.15) is 85.9 Å². The van der Waals surface area contributed by atoms with Gasteiger partial charge in [-0.1, -0.05) is 76.2 Å². The Morgan fingerprint density at radius 3 is 1.89 bits per heavy atom. The average Bonchev–Trinajstić information content (AvgIpc) is 3.37. The Kier molecular flexibility index (Phi) is 8.74. The fraction of sp³-hybridized carbons (Fsp3) is 0.348. The van der Waals surface area contributed by atoms with Crippen molar-refractivity contribution in [1.29, 1.82) is 0 Å². The monoisotopic (exact) mass is 768 g/mol. The third kappa shape index (κ3) is 5.99. The number of thioether (sulfide) groups is 1. The smallest absolute Gasteiger partial charge is 0.213 e.